The molecule has 0 atom stereocenters. The molecular formula is C14H15ClN4O. The Kier molecular flexibility index (Phi) is 3.44. The van der Waals surface area contributed by atoms with E-state index < -0.39 is 0 Å². The molecule has 6 heteroatoms. The molecule has 0 spiro atoms. The van der Waals surface area contributed by atoms with Gasteiger partial charge in [0.15, 0.2) is 5.82 Å². The van der Waals surface area contributed by atoms with Crippen LogP contribution in [-0.2, 0) is 18.8 Å². The fourth-order valence-corrected chi connectivity index (χ4v) is 2.49. The molecule has 20 heavy (non-hydrogen) atoms. The molecule has 104 valence electrons. The van der Waals surface area contributed by atoms with Crippen LogP contribution in [0.5, 0.6) is 0 Å². The van der Waals surface area contributed by atoms with Crippen LogP contribution in [0, 0.1) is 13.8 Å². The smallest absolute Gasteiger partial charge is 0.223 e. The maximum absolute atomic E-state index is 6.00. The first-order valence-electron chi connectivity index (χ1n) is 6.48. The highest BCUT2D eigenvalue weighted by atomic mass is 35.5. The van der Waals surface area contributed by atoms with Gasteiger partial charge in [-0.05, 0) is 24.6 Å². The van der Waals surface area contributed by atoms with Crippen molar-refractivity contribution < 1.29 is 4.52 Å². The first kappa shape index (κ1) is 13.1. The zero-order chi connectivity index (χ0) is 14.1. The Morgan fingerprint density at radius 2 is 2.10 bits per heavy atom. The van der Waals surface area contributed by atoms with E-state index in [4.69, 9.17) is 16.1 Å². The number of nitrogens with zero attached hydrogens (tertiary/aromatic N) is 4. The standard InChI is InChI=1S/C14H15ClN4O/c1-9-3-4-11-12(7-9)19(14(8-15)17-11)6-5-13-16-10(2)20-18-13/h3-4,7H,5-6,8H2,1-2H3. The average Bonchev–Trinajstić information content (AvgIpc) is 2.99. The van der Waals surface area contributed by atoms with Crippen molar-refractivity contribution in [3.8, 4) is 0 Å². The Morgan fingerprint density at radius 3 is 2.80 bits per heavy atom. The maximum atomic E-state index is 6.00. The molecular weight excluding hydrogens is 276 g/mol. The van der Waals surface area contributed by atoms with Crippen molar-refractivity contribution in [3.05, 3.63) is 41.3 Å². The molecule has 0 bridgehead atoms. The van der Waals surface area contributed by atoms with Gasteiger partial charge >= 0.3 is 0 Å². The van der Waals surface area contributed by atoms with Gasteiger partial charge in [-0.2, -0.15) is 4.98 Å². The lowest BCUT2D eigenvalue weighted by molar-refractivity contribution is 0.386. The van der Waals surface area contributed by atoms with Crippen LogP contribution >= 0.6 is 11.6 Å². The molecule has 2 aromatic heterocycles. The zero-order valence-corrected chi connectivity index (χ0v) is 12.2. The number of rotatable bonds is 4. The van der Waals surface area contributed by atoms with Crippen LogP contribution in [0.4, 0.5) is 0 Å². The molecule has 0 aliphatic rings. The van der Waals surface area contributed by atoms with Crippen LogP contribution in [0.15, 0.2) is 22.7 Å². The molecule has 0 aliphatic heterocycles. The van der Waals surface area contributed by atoms with Crippen LogP contribution in [-0.4, -0.2) is 19.7 Å². The number of halogens is 1. The second-order valence-corrected chi connectivity index (χ2v) is 5.05. The second kappa shape index (κ2) is 5.25. The lowest BCUT2D eigenvalue weighted by Gasteiger charge is -2.06. The van der Waals surface area contributed by atoms with Crippen molar-refractivity contribution in [2.24, 2.45) is 0 Å². The Labute approximate surface area is 121 Å². The SMILES string of the molecule is Cc1ccc2nc(CCl)n(CCc3noc(C)n3)c2c1. The predicted molar refractivity (Wildman–Crippen MR) is 76.8 cm³/mol. The number of hydrogen-bond donors (Lipinski definition) is 0. The third-order valence-corrected chi connectivity index (χ3v) is 3.47. The molecule has 5 nitrogen and oxygen atoms in total. The first-order valence-corrected chi connectivity index (χ1v) is 7.02. The lowest BCUT2D eigenvalue weighted by atomic mass is 10.2. The Balaban J connectivity index is 1.94. The highest BCUT2D eigenvalue weighted by molar-refractivity contribution is 6.16. The van der Waals surface area contributed by atoms with Gasteiger partial charge in [-0.15, -0.1) is 11.6 Å². The minimum atomic E-state index is 0.388. The Hall–Kier alpha value is -1.88. The summed E-state index contributed by atoms with van der Waals surface area (Å²) in [6.07, 6.45) is 0.695. The van der Waals surface area contributed by atoms with E-state index in [1.807, 2.05) is 6.07 Å². The number of hydrogen-bond acceptors (Lipinski definition) is 4. The van der Waals surface area contributed by atoms with Gasteiger partial charge in [0.05, 0.1) is 16.9 Å². The van der Waals surface area contributed by atoms with Crippen LogP contribution in [0.2, 0.25) is 0 Å². The van der Waals surface area contributed by atoms with E-state index in [2.05, 4.69) is 38.7 Å². The van der Waals surface area contributed by atoms with Gasteiger partial charge in [0.25, 0.3) is 0 Å². The minimum absolute atomic E-state index is 0.388. The van der Waals surface area contributed by atoms with Crippen molar-refractivity contribution in [1.82, 2.24) is 19.7 Å². The van der Waals surface area contributed by atoms with Gasteiger partial charge in [0.2, 0.25) is 5.89 Å². The summed E-state index contributed by atoms with van der Waals surface area (Å²) in [4.78, 5) is 8.78. The molecule has 0 aliphatic carbocycles. The van der Waals surface area contributed by atoms with E-state index in [-0.39, 0.29) is 0 Å². The highest BCUT2D eigenvalue weighted by Crippen LogP contribution is 2.19. The molecule has 1 aromatic carbocycles. The summed E-state index contributed by atoms with van der Waals surface area (Å²) in [6, 6.07) is 6.20. The summed E-state index contributed by atoms with van der Waals surface area (Å²) < 4.78 is 7.11. The molecule has 3 aromatic rings. The Morgan fingerprint density at radius 1 is 1.25 bits per heavy atom. The monoisotopic (exact) mass is 290 g/mol. The molecule has 0 radical (unpaired) electrons. The maximum Gasteiger partial charge on any atom is 0.223 e. The number of imidazole rings is 1. The minimum Gasteiger partial charge on any atom is -0.340 e. The fraction of sp³-hybridized carbons (Fsp3) is 0.357. The van der Waals surface area contributed by atoms with Crippen LogP contribution in [0.3, 0.4) is 0 Å². The average molecular weight is 291 g/mol. The third-order valence-electron chi connectivity index (χ3n) is 3.23. The molecule has 0 saturated heterocycles. The molecule has 0 saturated carbocycles. The van der Waals surface area contributed by atoms with E-state index in [0.29, 0.717) is 24.0 Å². The Bertz CT molecular complexity index is 747. The van der Waals surface area contributed by atoms with Gasteiger partial charge in [0.1, 0.15) is 5.82 Å². The summed E-state index contributed by atoms with van der Waals surface area (Å²) in [6.45, 7) is 4.59. The number of benzene rings is 1. The van der Waals surface area contributed by atoms with E-state index in [0.717, 1.165) is 23.4 Å². The summed E-state index contributed by atoms with van der Waals surface area (Å²) in [5.74, 6) is 2.55. The van der Waals surface area contributed by atoms with Gasteiger partial charge in [-0.3, -0.25) is 0 Å². The normalized spacial score (nSPS) is 11.3. The van der Waals surface area contributed by atoms with Gasteiger partial charge in [-0.1, -0.05) is 11.2 Å². The van der Waals surface area contributed by atoms with Crippen LogP contribution in [0.1, 0.15) is 23.1 Å². The van der Waals surface area contributed by atoms with E-state index in [9.17, 15) is 0 Å². The largest absolute Gasteiger partial charge is 0.340 e. The number of aromatic nitrogens is 4. The summed E-state index contributed by atoms with van der Waals surface area (Å²) in [7, 11) is 0. The zero-order valence-electron chi connectivity index (χ0n) is 11.4. The molecule has 2 heterocycles. The third kappa shape index (κ3) is 2.41. The molecule has 0 unspecified atom stereocenters. The molecule has 0 amide bonds. The molecule has 0 fully saturated rings. The van der Waals surface area contributed by atoms with Gasteiger partial charge in [0, 0.05) is 19.9 Å². The van der Waals surface area contributed by atoms with E-state index in [1.165, 1.54) is 5.56 Å². The fourth-order valence-electron chi connectivity index (χ4n) is 2.29. The van der Waals surface area contributed by atoms with Crippen molar-refractivity contribution in [3.63, 3.8) is 0 Å². The van der Waals surface area contributed by atoms with Crippen molar-refractivity contribution >= 4 is 22.6 Å². The number of aryl methyl sites for hydroxylation is 4. The molecule has 3 rings (SSSR count). The van der Waals surface area contributed by atoms with Crippen LogP contribution in [0.25, 0.3) is 11.0 Å². The van der Waals surface area contributed by atoms with Crippen molar-refractivity contribution in [2.75, 3.05) is 0 Å². The van der Waals surface area contributed by atoms with Gasteiger partial charge in [-0.25, -0.2) is 4.98 Å². The summed E-state index contributed by atoms with van der Waals surface area (Å²) in [5.41, 5.74) is 3.27. The first-order chi connectivity index (χ1) is 9.67. The van der Waals surface area contributed by atoms with Gasteiger partial charge < -0.3 is 9.09 Å². The quantitative estimate of drug-likeness (QED) is 0.693. The van der Waals surface area contributed by atoms with E-state index in [1.54, 1.807) is 6.92 Å². The van der Waals surface area contributed by atoms with Crippen molar-refractivity contribution in [1.29, 1.82) is 0 Å². The molecule has 0 N–H and O–H groups in total. The predicted octanol–water partition coefficient (Wildman–Crippen LogP) is 3.02. The topological polar surface area (TPSA) is 56.7 Å². The van der Waals surface area contributed by atoms with Crippen molar-refractivity contribution in [2.45, 2.75) is 32.7 Å². The lowest BCUT2D eigenvalue weighted by Crippen LogP contribution is -2.06. The van der Waals surface area contributed by atoms with E-state index >= 15 is 0 Å². The highest BCUT2D eigenvalue weighted by Gasteiger charge is 2.11. The summed E-state index contributed by atoms with van der Waals surface area (Å²) >= 11 is 6.00. The second-order valence-electron chi connectivity index (χ2n) is 4.79. The number of alkyl halides is 1. The van der Waals surface area contributed by atoms with Crippen LogP contribution < -0.4 is 0 Å². The summed E-state index contributed by atoms with van der Waals surface area (Å²) in [5, 5.41) is 3.92. The number of fused-ring (bicyclic) bond motifs is 1.